The van der Waals surface area contributed by atoms with Crippen molar-refractivity contribution >= 4 is 45.9 Å². The van der Waals surface area contributed by atoms with Crippen LogP contribution in [0.5, 0.6) is 17.4 Å². The summed E-state index contributed by atoms with van der Waals surface area (Å²) >= 11 is 7.47. The molecule has 0 amide bonds. The Labute approximate surface area is 270 Å². The molecule has 5 aromatic rings. The van der Waals surface area contributed by atoms with Crippen molar-refractivity contribution < 1.29 is 18.6 Å². The lowest BCUT2D eigenvalue weighted by Crippen LogP contribution is -2.33. The first-order chi connectivity index (χ1) is 21.9. The van der Waals surface area contributed by atoms with E-state index in [1.54, 1.807) is 20.4 Å². The summed E-state index contributed by atoms with van der Waals surface area (Å²) in [7, 11) is 3.32. The summed E-state index contributed by atoms with van der Waals surface area (Å²) in [6, 6.07) is 19.8. The van der Waals surface area contributed by atoms with Crippen LogP contribution in [0.2, 0.25) is 5.15 Å². The highest BCUT2D eigenvalue weighted by Gasteiger charge is 2.31. The molecule has 0 saturated heterocycles. The lowest BCUT2D eigenvalue weighted by molar-refractivity contribution is 0.316. The third-order valence-corrected chi connectivity index (χ3v) is 8.59. The Morgan fingerprint density at radius 1 is 0.978 bits per heavy atom. The molecule has 9 nitrogen and oxygen atoms in total. The molecule has 1 aliphatic heterocycles. The van der Waals surface area contributed by atoms with Crippen molar-refractivity contribution in [3.63, 3.8) is 0 Å². The van der Waals surface area contributed by atoms with E-state index in [1.165, 1.54) is 11.8 Å². The molecule has 2 aromatic carbocycles. The number of nitrogens with zero attached hydrogens (tertiary/aromatic N) is 6. The smallest absolute Gasteiger partial charge is 0.228 e. The second-order valence-electron chi connectivity index (χ2n) is 10.5. The first-order valence-electron chi connectivity index (χ1n) is 14.4. The second kappa shape index (κ2) is 13.3. The average molecular weight is 647 g/mol. The van der Waals surface area contributed by atoms with Gasteiger partial charge in [-0.15, -0.1) is 0 Å². The van der Waals surface area contributed by atoms with Crippen molar-refractivity contribution in [3.8, 4) is 17.4 Å². The van der Waals surface area contributed by atoms with Crippen LogP contribution in [0.25, 0.3) is 10.9 Å². The van der Waals surface area contributed by atoms with Gasteiger partial charge in [-0.1, -0.05) is 53.7 Å². The van der Waals surface area contributed by atoms with E-state index in [-0.39, 0.29) is 22.6 Å². The standard InChI is InChI=1S/C33H32ClFN6O3S/c1-20(41-16-17-44-32-26-28(27(35)29(34)38-32)37-33(45-4)39-31(26)41)25-6-5-15-36-30(25)40(18-21-7-11-23(42-2)12-8-21)19-22-9-13-24(43-3)14-10-22/h5-15,20H,16-19H2,1-4H3/t20-/m1/s1. The SMILES string of the molecule is COc1ccc(CN(Cc2ccc(OC)cc2)c2ncccc2[C@@H](C)N2CCOc3nc(Cl)c(F)c4nc(SC)nc2c34)cc1. The molecule has 0 aliphatic carbocycles. The number of hydrogen-bond acceptors (Lipinski definition) is 10. The van der Waals surface area contributed by atoms with Crippen LogP contribution in [0.4, 0.5) is 16.0 Å². The summed E-state index contributed by atoms with van der Waals surface area (Å²) in [6.45, 7) is 4.07. The zero-order valence-electron chi connectivity index (χ0n) is 25.3. The predicted molar refractivity (Wildman–Crippen MR) is 175 cm³/mol. The maximum Gasteiger partial charge on any atom is 0.228 e. The van der Waals surface area contributed by atoms with Crippen molar-refractivity contribution in [2.45, 2.75) is 31.2 Å². The minimum Gasteiger partial charge on any atom is -0.497 e. The molecule has 1 aliphatic rings. The van der Waals surface area contributed by atoms with E-state index in [2.05, 4.69) is 57.0 Å². The molecule has 6 rings (SSSR count). The Bertz CT molecular complexity index is 1760. The van der Waals surface area contributed by atoms with E-state index < -0.39 is 5.82 Å². The van der Waals surface area contributed by atoms with Crippen LogP contribution in [0, 0.1) is 5.82 Å². The van der Waals surface area contributed by atoms with Gasteiger partial charge in [-0.25, -0.2) is 19.3 Å². The zero-order chi connectivity index (χ0) is 31.5. The Kier molecular flexibility index (Phi) is 9.09. The van der Waals surface area contributed by atoms with E-state index >= 15 is 4.39 Å². The van der Waals surface area contributed by atoms with Gasteiger partial charge in [0.2, 0.25) is 5.88 Å². The molecule has 0 bridgehead atoms. The van der Waals surface area contributed by atoms with Gasteiger partial charge in [0.25, 0.3) is 0 Å². The second-order valence-corrected chi connectivity index (χ2v) is 11.6. The third kappa shape index (κ3) is 6.27. The number of aromatic nitrogens is 4. The number of rotatable bonds is 10. The predicted octanol–water partition coefficient (Wildman–Crippen LogP) is 7.12. The van der Waals surface area contributed by atoms with Crippen LogP contribution in [0.1, 0.15) is 29.7 Å². The lowest BCUT2D eigenvalue weighted by Gasteiger charge is -2.33. The molecular weight excluding hydrogens is 615 g/mol. The molecule has 3 aromatic heterocycles. The molecule has 0 spiro atoms. The minimum atomic E-state index is -0.695. The van der Waals surface area contributed by atoms with Gasteiger partial charge in [-0.2, -0.15) is 4.98 Å². The normalized spacial score (nSPS) is 13.2. The number of methoxy groups -OCH3 is 2. The summed E-state index contributed by atoms with van der Waals surface area (Å²) in [4.78, 5) is 22.8. The van der Waals surface area contributed by atoms with Crippen molar-refractivity contribution in [2.75, 3.05) is 43.4 Å². The maximum absolute atomic E-state index is 15.3. The number of hydrogen-bond donors (Lipinski definition) is 0. The van der Waals surface area contributed by atoms with E-state index in [1.807, 2.05) is 36.6 Å². The lowest BCUT2D eigenvalue weighted by atomic mass is 10.1. The summed E-state index contributed by atoms with van der Waals surface area (Å²) in [6.07, 6.45) is 3.66. The van der Waals surface area contributed by atoms with Crippen LogP contribution in [-0.2, 0) is 13.1 Å². The van der Waals surface area contributed by atoms with Gasteiger partial charge in [0.05, 0.1) is 26.8 Å². The van der Waals surface area contributed by atoms with Crippen LogP contribution < -0.4 is 24.0 Å². The largest absolute Gasteiger partial charge is 0.497 e. The highest BCUT2D eigenvalue weighted by atomic mass is 35.5. The maximum atomic E-state index is 15.3. The number of pyridine rings is 2. The van der Waals surface area contributed by atoms with Gasteiger partial charge >= 0.3 is 0 Å². The van der Waals surface area contributed by atoms with Crippen molar-refractivity contribution in [1.29, 1.82) is 0 Å². The van der Waals surface area contributed by atoms with E-state index in [0.717, 1.165) is 34.0 Å². The molecule has 4 heterocycles. The van der Waals surface area contributed by atoms with E-state index in [0.29, 0.717) is 42.6 Å². The molecule has 1 atom stereocenters. The van der Waals surface area contributed by atoms with Crippen LogP contribution in [0.15, 0.2) is 72.0 Å². The number of ether oxygens (including phenoxy) is 3. The van der Waals surface area contributed by atoms with Crippen LogP contribution in [-0.4, -0.2) is 53.6 Å². The monoisotopic (exact) mass is 646 g/mol. The number of anilines is 2. The molecule has 45 heavy (non-hydrogen) atoms. The van der Waals surface area contributed by atoms with Crippen molar-refractivity contribution in [3.05, 3.63) is 94.5 Å². The molecule has 0 saturated carbocycles. The first kappa shape index (κ1) is 30.7. The van der Waals surface area contributed by atoms with Crippen LogP contribution >= 0.6 is 23.4 Å². The Morgan fingerprint density at radius 3 is 2.22 bits per heavy atom. The fourth-order valence-electron chi connectivity index (χ4n) is 5.48. The molecule has 12 heteroatoms. The van der Waals surface area contributed by atoms with Gasteiger partial charge in [-0.3, -0.25) is 0 Å². The minimum absolute atomic E-state index is 0.0884. The average Bonchev–Trinajstić information content (AvgIpc) is 3.26. The molecule has 0 N–H and O–H groups in total. The third-order valence-electron chi connectivity index (χ3n) is 7.80. The molecule has 0 radical (unpaired) electrons. The van der Waals surface area contributed by atoms with Gasteiger partial charge < -0.3 is 24.0 Å². The van der Waals surface area contributed by atoms with Crippen molar-refractivity contribution in [1.82, 2.24) is 19.9 Å². The summed E-state index contributed by atoms with van der Waals surface area (Å²) < 4.78 is 32.0. The fourth-order valence-corrected chi connectivity index (χ4v) is 6.01. The fraction of sp³-hybridized carbons (Fsp3) is 0.273. The topological polar surface area (TPSA) is 85.7 Å². The van der Waals surface area contributed by atoms with Crippen molar-refractivity contribution in [2.24, 2.45) is 0 Å². The zero-order valence-corrected chi connectivity index (χ0v) is 26.9. The Balaban J connectivity index is 1.43. The molecule has 0 fully saturated rings. The quantitative estimate of drug-likeness (QED) is 0.0888. The van der Waals surface area contributed by atoms with E-state index in [9.17, 15) is 0 Å². The van der Waals surface area contributed by atoms with Gasteiger partial charge in [0, 0.05) is 24.8 Å². The molecule has 232 valence electrons. The molecular formula is C33H32ClFN6O3S. The molecule has 0 unspecified atom stereocenters. The highest BCUT2D eigenvalue weighted by Crippen LogP contribution is 2.41. The summed E-state index contributed by atoms with van der Waals surface area (Å²) in [5, 5.41) is 0.548. The Hall–Kier alpha value is -4.35. The van der Waals surface area contributed by atoms with Gasteiger partial charge in [0.1, 0.15) is 40.6 Å². The van der Waals surface area contributed by atoms with E-state index in [4.69, 9.17) is 35.8 Å². The Morgan fingerprint density at radius 2 is 1.62 bits per heavy atom. The summed E-state index contributed by atoms with van der Waals surface area (Å²) in [5.74, 6) is 2.48. The van der Waals surface area contributed by atoms with Crippen LogP contribution in [0.3, 0.4) is 0 Å². The summed E-state index contributed by atoms with van der Waals surface area (Å²) in [5.41, 5.74) is 3.27. The van der Waals surface area contributed by atoms with Gasteiger partial charge in [0.15, 0.2) is 16.1 Å². The highest BCUT2D eigenvalue weighted by molar-refractivity contribution is 7.98. The number of thioether (sulfide) groups is 1. The first-order valence-corrected chi connectivity index (χ1v) is 16.0. The number of benzene rings is 2. The number of halogens is 2. The van der Waals surface area contributed by atoms with Gasteiger partial charge in [-0.05, 0) is 54.6 Å².